The number of nitrogens with zero attached hydrogens (tertiary/aromatic N) is 2. The van der Waals surface area contributed by atoms with Crippen LogP contribution in [0.1, 0.15) is 34.5 Å². The fourth-order valence-electron chi connectivity index (χ4n) is 3.34. The molecule has 0 saturated carbocycles. The average molecular weight is 402 g/mol. The van der Waals surface area contributed by atoms with Crippen LogP contribution in [0.5, 0.6) is 0 Å². The average Bonchev–Trinajstić information content (AvgIpc) is 2.79. The summed E-state index contributed by atoms with van der Waals surface area (Å²) in [5.41, 5.74) is 10.3. The third-order valence-corrected chi connectivity index (χ3v) is 5.05. The van der Waals surface area contributed by atoms with Crippen LogP contribution < -0.4 is 5.73 Å². The van der Waals surface area contributed by atoms with Gasteiger partial charge in [0.15, 0.2) is 5.78 Å². The summed E-state index contributed by atoms with van der Waals surface area (Å²) in [4.78, 5) is 30.1. The maximum absolute atomic E-state index is 12.5. The molecule has 0 radical (unpaired) electrons. The van der Waals surface area contributed by atoms with Gasteiger partial charge in [0, 0.05) is 37.5 Å². The molecule has 2 N–H and O–H groups in total. The Morgan fingerprint density at radius 3 is 2.47 bits per heavy atom. The number of carbonyl (C=O) groups excluding carboxylic acids is 2. The summed E-state index contributed by atoms with van der Waals surface area (Å²) in [5, 5.41) is 0. The lowest BCUT2D eigenvalue weighted by Gasteiger charge is -2.16. The van der Waals surface area contributed by atoms with E-state index >= 15 is 0 Å². The normalized spacial score (nSPS) is 10.6. The van der Waals surface area contributed by atoms with Gasteiger partial charge in [-0.25, -0.2) is 0 Å². The first kappa shape index (κ1) is 21.4. The zero-order chi connectivity index (χ0) is 21.3. The van der Waals surface area contributed by atoms with E-state index in [0.717, 1.165) is 40.8 Å². The van der Waals surface area contributed by atoms with Crippen molar-refractivity contribution in [3.8, 4) is 11.1 Å². The Hall–Kier alpha value is -3.31. The lowest BCUT2D eigenvalue weighted by Crippen LogP contribution is -2.32. The summed E-state index contributed by atoms with van der Waals surface area (Å²) < 4.78 is 0. The zero-order valence-corrected chi connectivity index (χ0v) is 17.3. The van der Waals surface area contributed by atoms with Crippen molar-refractivity contribution < 1.29 is 9.59 Å². The Morgan fingerprint density at radius 2 is 1.77 bits per heavy atom. The van der Waals surface area contributed by atoms with E-state index in [1.54, 1.807) is 18.1 Å². The molecule has 5 heteroatoms. The minimum Gasteiger partial charge on any atom is -0.340 e. The van der Waals surface area contributed by atoms with Crippen LogP contribution >= 0.6 is 0 Å². The maximum atomic E-state index is 12.5. The summed E-state index contributed by atoms with van der Waals surface area (Å²) in [7, 11) is 1.75. The van der Waals surface area contributed by atoms with Gasteiger partial charge in [-0.15, -0.1) is 0 Å². The first-order valence-electron chi connectivity index (χ1n) is 10.1. The Kier molecular flexibility index (Phi) is 7.46. The van der Waals surface area contributed by atoms with Crippen LogP contribution in [0.15, 0.2) is 72.9 Å². The molecule has 3 aromatic rings. The van der Waals surface area contributed by atoms with E-state index in [4.69, 9.17) is 5.73 Å². The fourth-order valence-corrected chi connectivity index (χ4v) is 3.34. The van der Waals surface area contributed by atoms with Gasteiger partial charge in [-0.3, -0.25) is 14.6 Å². The molecule has 0 aliphatic heterocycles. The summed E-state index contributed by atoms with van der Waals surface area (Å²) in [6.07, 6.45) is 3.87. The van der Waals surface area contributed by atoms with E-state index < -0.39 is 0 Å². The largest absolute Gasteiger partial charge is 0.340 e. The summed E-state index contributed by atoms with van der Waals surface area (Å²) in [6.45, 7) is 0.518. The maximum Gasteiger partial charge on any atom is 0.236 e. The van der Waals surface area contributed by atoms with E-state index in [1.807, 2.05) is 60.7 Å². The molecule has 0 aliphatic rings. The number of pyridine rings is 1. The molecule has 2 aromatic carbocycles. The molecule has 30 heavy (non-hydrogen) atoms. The van der Waals surface area contributed by atoms with Crippen molar-refractivity contribution in [2.24, 2.45) is 5.73 Å². The Labute approximate surface area is 177 Å². The molecule has 1 aromatic heterocycles. The molecule has 0 aliphatic carbocycles. The quantitative estimate of drug-likeness (QED) is 0.552. The number of benzene rings is 2. The summed E-state index contributed by atoms with van der Waals surface area (Å²) >= 11 is 0. The van der Waals surface area contributed by atoms with Gasteiger partial charge in [-0.2, -0.15) is 0 Å². The molecule has 0 fully saturated rings. The molecule has 1 amide bonds. The third kappa shape index (κ3) is 5.84. The van der Waals surface area contributed by atoms with E-state index in [2.05, 4.69) is 11.1 Å². The number of hydrogen-bond acceptors (Lipinski definition) is 4. The topological polar surface area (TPSA) is 76.3 Å². The zero-order valence-electron chi connectivity index (χ0n) is 17.3. The molecule has 3 rings (SSSR count). The first-order valence-corrected chi connectivity index (χ1v) is 10.1. The lowest BCUT2D eigenvalue weighted by molar-refractivity contribution is -0.128. The highest BCUT2D eigenvalue weighted by molar-refractivity contribution is 5.96. The van der Waals surface area contributed by atoms with Gasteiger partial charge in [-0.1, -0.05) is 48.5 Å². The third-order valence-electron chi connectivity index (χ3n) is 5.05. The SMILES string of the molecule is CN(Cc1cccc(-c2ccc(C(=O)CCCc3ccccn3)cc2)c1)C(=O)CN. The minimum atomic E-state index is -0.0914. The van der Waals surface area contributed by atoms with Crippen molar-refractivity contribution in [1.29, 1.82) is 0 Å². The highest BCUT2D eigenvalue weighted by Gasteiger charge is 2.09. The molecular formula is C25H27N3O2. The predicted octanol–water partition coefficient (Wildman–Crippen LogP) is 3.87. The number of likely N-dealkylation sites (N-methyl/N-ethyl adjacent to an activating group) is 1. The fraction of sp³-hybridized carbons (Fsp3) is 0.240. The second-order valence-electron chi connectivity index (χ2n) is 7.33. The van der Waals surface area contributed by atoms with Crippen LogP contribution in [0, 0.1) is 0 Å². The smallest absolute Gasteiger partial charge is 0.236 e. The minimum absolute atomic E-state index is 0.00748. The molecule has 0 saturated heterocycles. The number of nitrogens with two attached hydrogens (primary N) is 1. The predicted molar refractivity (Wildman–Crippen MR) is 119 cm³/mol. The number of aromatic nitrogens is 1. The van der Waals surface area contributed by atoms with Gasteiger partial charge < -0.3 is 10.6 Å². The van der Waals surface area contributed by atoms with Crippen molar-refractivity contribution in [3.63, 3.8) is 0 Å². The van der Waals surface area contributed by atoms with Gasteiger partial charge in [0.25, 0.3) is 0 Å². The van der Waals surface area contributed by atoms with Crippen molar-refractivity contribution in [2.75, 3.05) is 13.6 Å². The second kappa shape index (κ2) is 10.5. The number of amides is 1. The summed E-state index contributed by atoms with van der Waals surface area (Å²) in [6, 6.07) is 21.6. The van der Waals surface area contributed by atoms with Gasteiger partial charge >= 0.3 is 0 Å². The van der Waals surface area contributed by atoms with Crippen molar-refractivity contribution >= 4 is 11.7 Å². The highest BCUT2D eigenvalue weighted by atomic mass is 16.2. The Balaban J connectivity index is 1.60. The van der Waals surface area contributed by atoms with Gasteiger partial charge in [0.1, 0.15) is 0 Å². The monoisotopic (exact) mass is 401 g/mol. The van der Waals surface area contributed by atoms with Gasteiger partial charge in [0.05, 0.1) is 6.54 Å². The van der Waals surface area contributed by atoms with Crippen LogP contribution in [0.3, 0.4) is 0 Å². The molecule has 0 bridgehead atoms. The number of rotatable bonds is 9. The Bertz CT molecular complexity index is 985. The Morgan fingerprint density at radius 1 is 0.967 bits per heavy atom. The lowest BCUT2D eigenvalue weighted by atomic mass is 9.99. The van der Waals surface area contributed by atoms with Crippen LogP contribution in [0.4, 0.5) is 0 Å². The van der Waals surface area contributed by atoms with Gasteiger partial charge in [0.2, 0.25) is 5.91 Å². The van der Waals surface area contributed by atoms with Crippen LogP contribution in [-0.2, 0) is 17.8 Å². The number of aryl methyl sites for hydroxylation is 1. The van der Waals surface area contributed by atoms with Crippen LogP contribution in [0.2, 0.25) is 0 Å². The first-order chi connectivity index (χ1) is 14.6. The molecule has 5 nitrogen and oxygen atoms in total. The van der Waals surface area contributed by atoms with Crippen LogP contribution in [0.25, 0.3) is 11.1 Å². The second-order valence-corrected chi connectivity index (χ2v) is 7.33. The number of ketones is 1. The molecule has 0 atom stereocenters. The molecule has 1 heterocycles. The van der Waals surface area contributed by atoms with Crippen molar-refractivity contribution in [3.05, 3.63) is 89.7 Å². The number of carbonyl (C=O) groups is 2. The highest BCUT2D eigenvalue weighted by Crippen LogP contribution is 2.22. The van der Waals surface area contributed by atoms with Gasteiger partial charge in [-0.05, 0) is 47.7 Å². The number of Topliss-reactive ketones (excluding diaryl/α,β-unsaturated/α-hetero) is 1. The number of hydrogen-bond donors (Lipinski definition) is 1. The van der Waals surface area contributed by atoms with Crippen molar-refractivity contribution in [1.82, 2.24) is 9.88 Å². The van der Waals surface area contributed by atoms with Crippen molar-refractivity contribution in [2.45, 2.75) is 25.8 Å². The molecular weight excluding hydrogens is 374 g/mol. The van der Waals surface area contributed by atoms with E-state index in [-0.39, 0.29) is 18.2 Å². The molecule has 0 unspecified atom stereocenters. The van der Waals surface area contributed by atoms with E-state index in [0.29, 0.717) is 13.0 Å². The van der Waals surface area contributed by atoms with Crippen LogP contribution in [-0.4, -0.2) is 35.2 Å². The summed E-state index contributed by atoms with van der Waals surface area (Å²) in [5.74, 6) is 0.0551. The molecule has 154 valence electrons. The molecule has 0 spiro atoms. The standard InChI is InChI=1S/C25H27N3O2/c1-28(25(30)17-26)18-19-6-4-7-22(16-19)20-11-13-21(14-12-20)24(29)10-5-9-23-8-2-3-15-27-23/h2-4,6-8,11-16H,5,9-10,17-18,26H2,1H3. The van der Waals surface area contributed by atoms with E-state index in [9.17, 15) is 9.59 Å². The van der Waals surface area contributed by atoms with E-state index in [1.165, 1.54) is 0 Å².